The Labute approximate surface area is 240 Å². The van der Waals surface area contributed by atoms with Gasteiger partial charge < -0.3 is 33.9 Å². The summed E-state index contributed by atoms with van der Waals surface area (Å²) in [6.45, 7) is 7.01. The number of aromatic nitrogens is 1. The Balaban J connectivity index is 1.42. The lowest BCUT2D eigenvalue weighted by atomic mass is 9.96. The number of carbonyl (C=O) groups is 1. The number of aliphatic carboxylic acids is 1. The Bertz CT molecular complexity index is 1160. The summed E-state index contributed by atoms with van der Waals surface area (Å²) in [5.41, 5.74) is 1.23. The van der Waals surface area contributed by atoms with Crippen molar-refractivity contribution in [2.45, 2.75) is 51.4 Å². The van der Waals surface area contributed by atoms with Crippen LogP contribution in [0.5, 0.6) is 11.6 Å². The fourth-order valence-electron chi connectivity index (χ4n) is 5.67. The number of pyridine rings is 1. The van der Waals surface area contributed by atoms with E-state index in [2.05, 4.69) is 16.8 Å². The first-order valence-electron chi connectivity index (χ1n) is 13.7. The van der Waals surface area contributed by atoms with Crippen molar-refractivity contribution in [2.75, 3.05) is 56.9 Å². The van der Waals surface area contributed by atoms with Gasteiger partial charge in [0, 0.05) is 76.4 Å². The first-order valence-corrected chi connectivity index (χ1v) is 14.1. The maximum absolute atomic E-state index is 15.5. The van der Waals surface area contributed by atoms with E-state index >= 15 is 4.39 Å². The molecule has 2 fully saturated rings. The van der Waals surface area contributed by atoms with Crippen LogP contribution in [-0.4, -0.2) is 81.4 Å². The number of hydrogen-bond acceptors (Lipinski definition) is 8. The number of piperidine rings is 1. The molecule has 2 unspecified atom stereocenters. The van der Waals surface area contributed by atoms with Crippen molar-refractivity contribution in [3.8, 4) is 11.6 Å². The molecule has 0 amide bonds. The lowest BCUT2D eigenvalue weighted by Gasteiger charge is -2.38. The summed E-state index contributed by atoms with van der Waals surface area (Å²) < 4.78 is 38.1. The monoisotopic (exact) mass is 579 g/mol. The molecule has 0 bridgehead atoms. The van der Waals surface area contributed by atoms with Crippen molar-refractivity contribution < 1.29 is 33.2 Å². The van der Waals surface area contributed by atoms with Gasteiger partial charge in [-0.1, -0.05) is 25.4 Å². The quantitative estimate of drug-likeness (QED) is 0.352. The van der Waals surface area contributed by atoms with Crippen LogP contribution in [0.2, 0.25) is 5.02 Å². The van der Waals surface area contributed by atoms with Crippen molar-refractivity contribution in [1.82, 2.24) is 4.98 Å². The van der Waals surface area contributed by atoms with Gasteiger partial charge in [0.15, 0.2) is 0 Å². The summed E-state index contributed by atoms with van der Waals surface area (Å²) >= 11 is 6.40. The molecule has 1 N–H and O–H groups in total. The molecule has 40 heavy (non-hydrogen) atoms. The van der Waals surface area contributed by atoms with Gasteiger partial charge >= 0.3 is 5.97 Å². The second-order valence-electron chi connectivity index (χ2n) is 10.6. The van der Waals surface area contributed by atoms with Crippen LogP contribution in [0.15, 0.2) is 30.5 Å². The molecule has 2 saturated heterocycles. The Kier molecular flexibility index (Phi) is 10.3. The molecule has 0 spiro atoms. The van der Waals surface area contributed by atoms with Gasteiger partial charge in [0.2, 0.25) is 5.88 Å². The van der Waals surface area contributed by atoms with Gasteiger partial charge in [-0.25, -0.2) is 9.37 Å². The van der Waals surface area contributed by atoms with Crippen molar-refractivity contribution in [1.29, 1.82) is 0 Å². The number of hydrogen-bond donors (Lipinski definition) is 1. The van der Waals surface area contributed by atoms with Crippen LogP contribution < -0.4 is 19.3 Å². The predicted octanol–water partition coefficient (Wildman–Crippen LogP) is 4.90. The highest BCUT2D eigenvalue weighted by molar-refractivity contribution is 6.33. The smallest absolute Gasteiger partial charge is 0.305 e. The first-order chi connectivity index (χ1) is 19.2. The third kappa shape index (κ3) is 7.08. The topological polar surface area (TPSA) is 93.6 Å². The van der Waals surface area contributed by atoms with Gasteiger partial charge in [-0.05, 0) is 18.6 Å². The molecule has 220 valence electrons. The molecule has 11 heteroatoms. The Morgan fingerprint density at radius 3 is 2.62 bits per heavy atom. The highest BCUT2D eigenvalue weighted by atomic mass is 35.5. The first kappa shape index (κ1) is 30.1. The van der Waals surface area contributed by atoms with E-state index in [0.29, 0.717) is 48.6 Å². The average Bonchev–Trinajstić information content (AvgIpc) is 3.22. The zero-order valence-corrected chi connectivity index (χ0v) is 24.3. The molecule has 2 aliphatic rings. The molecular formula is C29H39ClFN3O6. The van der Waals surface area contributed by atoms with E-state index in [1.54, 1.807) is 32.5 Å². The number of halogens is 2. The Morgan fingerprint density at radius 1 is 1.15 bits per heavy atom. The minimum absolute atomic E-state index is 0.0751. The number of nitrogens with zero attached hydrogens (tertiary/aromatic N) is 3. The molecule has 4 rings (SSSR count). The van der Waals surface area contributed by atoms with E-state index in [0.717, 1.165) is 25.1 Å². The zero-order chi connectivity index (χ0) is 28.8. The fraction of sp³-hybridized carbons (Fsp3) is 0.586. The largest absolute Gasteiger partial charge is 0.490 e. The van der Waals surface area contributed by atoms with Crippen LogP contribution in [-0.2, 0) is 14.3 Å². The highest BCUT2D eigenvalue weighted by Crippen LogP contribution is 2.37. The van der Waals surface area contributed by atoms with E-state index in [1.807, 2.05) is 17.9 Å². The van der Waals surface area contributed by atoms with Crippen LogP contribution in [0.3, 0.4) is 0 Å². The second-order valence-corrected chi connectivity index (χ2v) is 11.0. The molecule has 0 radical (unpaired) electrons. The van der Waals surface area contributed by atoms with Crippen LogP contribution in [0, 0.1) is 17.7 Å². The van der Waals surface area contributed by atoms with Gasteiger partial charge in [0.25, 0.3) is 0 Å². The predicted molar refractivity (Wildman–Crippen MR) is 151 cm³/mol. The van der Waals surface area contributed by atoms with Crippen molar-refractivity contribution in [3.63, 3.8) is 0 Å². The number of benzene rings is 1. The molecule has 5 atom stereocenters. The summed E-state index contributed by atoms with van der Waals surface area (Å²) in [7, 11) is 3.21. The number of carboxylic acids is 1. The van der Waals surface area contributed by atoms with Gasteiger partial charge in [-0.3, -0.25) is 4.79 Å². The molecule has 0 saturated carbocycles. The standard InChI is InChI=1S/C29H39ClFN3O6/c1-18-16-33(25-13-28(38-4)32-15-21(25)30)9-8-26(18)40-20-6-7-23(22(31)12-20)34-17-27(39-11-5-10-37-3)19(2)24(34)14-29(35)36/h6-7,12-13,15,18-19,24,26-27H,5,8-11,14,16-17H2,1-4H3,(H,35,36)/t18?,19-,24+,26?,27-/m0/s1. The maximum atomic E-state index is 15.5. The van der Waals surface area contributed by atoms with Crippen molar-refractivity contribution >= 4 is 28.9 Å². The molecular weight excluding hydrogens is 541 g/mol. The summed E-state index contributed by atoms with van der Waals surface area (Å²) in [5, 5.41) is 10.1. The van der Waals surface area contributed by atoms with Crippen LogP contribution in [0.4, 0.5) is 15.8 Å². The minimum Gasteiger partial charge on any atom is -0.490 e. The lowest BCUT2D eigenvalue weighted by molar-refractivity contribution is -0.137. The van der Waals surface area contributed by atoms with E-state index in [-0.39, 0.29) is 36.5 Å². The SMILES string of the molecule is COCCCO[C@H]1CN(c2ccc(OC3CCN(c4cc(OC)ncc4Cl)CC3C)cc2F)[C@H](CC(=O)O)[C@@H]1C. The number of rotatable bonds is 12. The van der Waals surface area contributed by atoms with Gasteiger partial charge in [-0.15, -0.1) is 0 Å². The molecule has 1 aromatic heterocycles. The molecule has 0 aliphatic carbocycles. The van der Waals surface area contributed by atoms with Crippen molar-refractivity contribution in [3.05, 3.63) is 41.3 Å². The Hall–Kier alpha value is -2.82. The normalized spacial score (nSPS) is 24.8. The molecule has 9 nitrogen and oxygen atoms in total. The van der Waals surface area contributed by atoms with E-state index in [4.69, 9.17) is 30.5 Å². The molecule has 2 aliphatic heterocycles. The number of anilines is 2. The van der Waals surface area contributed by atoms with Gasteiger partial charge in [0.05, 0.1) is 42.2 Å². The number of ether oxygens (including phenoxy) is 4. The zero-order valence-electron chi connectivity index (χ0n) is 23.5. The highest BCUT2D eigenvalue weighted by Gasteiger charge is 2.41. The summed E-state index contributed by atoms with van der Waals surface area (Å²) in [5.74, 6) is -0.335. The van der Waals surface area contributed by atoms with E-state index in [1.165, 1.54) is 6.07 Å². The summed E-state index contributed by atoms with van der Waals surface area (Å²) in [6, 6.07) is 6.29. The number of carboxylic acid groups (broad SMARTS) is 1. The summed E-state index contributed by atoms with van der Waals surface area (Å²) in [4.78, 5) is 19.8. The van der Waals surface area contributed by atoms with E-state index in [9.17, 15) is 9.90 Å². The Morgan fingerprint density at radius 2 is 1.95 bits per heavy atom. The van der Waals surface area contributed by atoms with E-state index < -0.39 is 11.8 Å². The van der Waals surface area contributed by atoms with Crippen molar-refractivity contribution in [2.24, 2.45) is 11.8 Å². The minimum atomic E-state index is -0.922. The third-order valence-corrected chi connectivity index (χ3v) is 8.17. The maximum Gasteiger partial charge on any atom is 0.305 e. The number of methoxy groups -OCH3 is 2. The second kappa shape index (κ2) is 13.7. The molecule has 3 heterocycles. The molecule has 1 aromatic carbocycles. The lowest BCUT2D eigenvalue weighted by Crippen LogP contribution is -2.44. The van der Waals surface area contributed by atoms with Crippen LogP contribution >= 0.6 is 11.6 Å². The van der Waals surface area contributed by atoms with Crippen LogP contribution in [0.25, 0.3) is 0 Å². The summed E-state index contributed by atoms with van der Waals surface area (Å²) in [6.07, 6.45) is 2.67. The average molecular weight is 580 g/mol. The third-order valence-electron chi connectivity index (χ3n) is 7.88. The van der Waals surface area contributed by atoms with Gasteiger partial charge in [-0.2, -0.15) is 0 Å². The van der Waals surface area contributed by atoms with Crippen LogP contribution in [0.1, 0.15) is 33.1 Å². The molecule has 2 aromatic rings. The fourth-order valence-corrected chi connectivity index (χ4v) is 5.89. The van der Waals surface area contributed by atoms with Gasteiger partial charge in [0.1, 0.15) is 17.7 Å².